The summed E-state index contributed by atoms with van der Waals surface area (Å²) in [5.74, 6) is 0. The lowest BCUT2D eigenvalue weighted by Crippen LogP contribution is -2.05. The quantitative estimate of drug-likeness (QED) is 0.699. The average molecular weight is 313 g/mol. The summed E-state index contributed by atoms with van der Waals surface area (Å²) in [4.78, 5) is 7.99. The maximum absolute atomic E-state index is 13.1. The number of nitriles is 1. The molecule has 0 radical (unpaired) electrons. The fraction of sp³-hybridized carbons (Fsp3) is 0.353. The van der Waals surface area contributed by atoms with Gasteiger partial charge in [0.1, 0.15) is 0 Å². The van der Waals surface area contributed by atoms with Crippen molar-refractivity contribution >= 4 is 7.14 Å². The zero-order valence-electron chi connectivity index (χ0n) is 12.6. The zero-order valence-corrected chi connectivity index (χ0v) is 13.5. The fourth-order valence-electron chi connectivity index (χ4n) is 2.35. The second-order valence-electron chi connectivity index (χ2n) is 5.35. The van der Waals surface area contributed by atoms with Crippen LogP contribution in [0.1, 0.15) is 17.5 Å². The lowest BCUT2D eigenvalue weighted by molar-refractivity contribution is 0.573. The second kappa shape index (κ2) is 8.46. The van der Waals surface area contributed by atoms with E-state index in [4.69, 9.17) is 5.26 Å². The fourth-order valence-corrected chi connectivity index (χ4v) is 4.86. The summed E-state index contributed by atoms with van der Waals surface area (Å²) in [5.41, 5.74) is 2.30. The maximum Gasteiger partial charge on any atom is 0.0894 e. The highest BCUT2D eigenvalue weighted by Crippen LogP contribution is 2.47. The van der Waals surface area contributed by atoms with Crippen molar-refractivity contribution in [1.82, 2.24) is 9.97 Å². The molecule has 2 heterocycles. The molecule has 0 unspecified atom stereocenters. The molecule has 0 aliphatic heterocycles. The van der Waals surface area contributed by atoms with E-state index in [2.05, 4.69) is 16.0 Å². The van der Waals surface area contributed by atoms with Crippen LogP contribution >= 0.6 is 7.14 Å². The minimum atomic E-state index is -2.33. The number of aromatic nitrogens is 2. The van der Waals surface area contributed by atoms with Crippen LogP contribution in [-0.4, -0.2) is 28.5 Å². The molecule has 2 aromatic rings. The summed E-state index contributed by atoms with van der Waals surface area (Å²) in [6, 6.07) is 9.95. The van der Waals surface area contributed by atoms with Crippen molar-refractivity contribution in [2.24, 2.45) is 0 Å². The van der Waals surface area contributed by atoms with E-state index in [9.17, 15) is 4.57 Å². The molecule has 4 nitrogen and oxygen atoms in total. The third-order valence-electron chi connectivity index (χ3n) is 3.75. The Hall–Kier alpha value is -1.98. The summed E-state index contributed by atoms with van der Waals surface area (Å²) < 4.78 is 13.1. The normalized spacial score (nSPS) is 11.0. The molecular weight excluding hydrogens is 293 g/mol. The van der Waals surface area contributed by atoms with Gasteiger partial charge in [0.2, 0.25) is 0 Å². The number of hydrogen-bond donors (Lipinski definition) is 0. The molecule has 0 saturated carbocycles. The van der Waals surface area contributed by atoms with Gasteiger partial charge in [0.05, 0.1) is 13.2 Å². The Morgan fingerprint density at radius 2 is 1.32 bits per heavy atom. The van der Waals surface area contributed by atoms with E-state index in [1.54, 1.807) is 24.8 Å². The van der Waals surface area contributed by atoms with Crippen LogP contribution in [0.2, 0.25) is 0 Å². The molecule has 5 heteroatoms. The first-order chi connectivity index (χ1) is 10.7. The van der Waals surface area contributed by atoms with Crippen molar-refractivity contribution in [3.05, 3.63) is 60.2 Å². The van der Waals surface area contributed by atoms with Crippen LogP contribution in [0.3, 0.4) is 0 Å². The summed E-state index contributed by atoms with van der Waals surface area (Å²) in [5, 5.41) is 8.81. The van der Waals surface area contributed by atoms with Gasteiger partial charge < -0.3 is 4.57 Å². The van der Waals surface area contributed by atoms with E-state index in [1.807, 2.05) is 24.3 Å². The van der Waals surface area contributed by atoms with Crippen LogP contribution in [0.25, 0.3) is 0 Å². The van der Waals surface area contributed by atoms with Crippen molar-refractivity contribution in [2.75, 3.05) is 18.5 Å². The summed E-state index contributed by atoms with van der Waals surface area (Å²) in [6.07, 6.45) is 10.8. The molecule has 114 valence electrons. The second-order valence-corrected chi connectivity index (χ2v) is 8.81. The van der Waals surface area contributed by atoms with Gasteiger partial charge in [-0.05, 0) is 48.2 Å². The standard InChI is InChI=1S/C17H20N3OP/c18-8-1-13-22(21,14-6-16-2-9-19-10-3-16)15-7-17-4-11-20-12-5-17/h2-5,9-12H,1,6-7,13-15H2. The molecule has 0 bridgehead atoms. The Morgan fingerprint density at radius 3 is 1.73 bits per heavy atom. The monoisotopic (exact) mass is 313 g/mol. The highest BCUT2D eigenvalue weighted by Gasteiger charge is 2.21. The Bertz CT molecular complexity index is 605. The summed E-state index contributed by atoms with van der Waals surface area (Å²) in [6.45, 7) is 0. The summed E-state index contributed by atoms with van der Waals surface area (Å²) in [7, 11) is -2.33. The van der Waals surface area contributed by atoms with E-state index >= 15 is 0 Å². The highest BCUT2D eigenvalue weighted by atomic mass is 31.2. The van der Waals surface area contributed by atoms with Gasteiger partial charge in [-0.3, -0.25) is 9.97 Å². The molecule has 22 heavy (non-hydrogen) atoms. The van der Waals surface area contributed by atoms with Crippen LogP contribution in [0.15, 0.2) is 49.1 Å². The Kier molecular flexibility index (Phi) is 6.30. The van der Waals surface area contributed by atoms with Gasteiger partial charge in [-0.2, -0.15) is 5.26 Å². The molecule has 0 spiro atoms. The van der Waals surface area contributed by atoms with Crippen molar-refractivity contribution in [3.8, 4) is 6.07 Å². The van der Waals surface area contributed by atoms with E-state index in [1.165, 1.54) is 0 Å². The number of rotatable bonds is 8. The van der Waals surface area contributed by atoms with Crippen LogP contribution in [0, 0.1) is 11.3 Å². The lowest BCUT2D eigenvalue weighted by Gasteiger charge is -2.17. The largest absolute Gasteiger partial charge is 0.323 e. The van der Waals surface area contributed by atoms with Gasteiger partial charge in [-0.25, -0.2) is 0 Å². The Morgan fingerprint density at radius 1 is 0.864 bits per heavy atom. The molecule has 2 rings (SSSR count). The van der Waals surface area contributed by atoms with Crippen LogP contribution in [0.5, 0.6) is 0 Å². The average Bonchev–Trinajstić information content (AvgIpc) is 2.59. The van der Waals surface area contributed by atoms with E-state index < -0.39 is 7.14 Å². The number of hydrogen-bond acceptors (Lipinski definition) is 4. The molecular formula is C17H20N3OP. The Labute approximate surface area is 131 Å². The smallest absolute Gasteiger partial charge is 0.0894 e. The Balaban J connectivity index is 1.97. The van der Waals surface area contributed by atoms with Crippen molar-refractivity contribution in [1.29, 1.82) is 5.26 Å². The number of aryl methyl sites for hydroxylation is 2. The maximum atomic E-state index is 13.1. The van der Waals surface area contributed by atoms with E-state index in [-0.39, 0.29) is 0 Å². The molecule has 0 aliphatic rings. The zero-order chi connectivity index (χ0) is 15.7. The first kappa shape index (κ1) is 16.4. The van der Waals surface area contributed by atoms with Crippen LogP contribution in [-0.2, 0) is 17.4 Å². The van der Waals surface area contributed by atoms with Crippen molar-refractivity contribution < 1.29 is 4.57 Å². The molecule has 0 aliphatic carbocycles. The van der Waals surface area contributed by atoms with Gasteiger partial charge >= 0.3 is 0 Å². The first-order valence-electron chi connectivity index (χ1n) is 7.44. The number of pyridine rings is 2. The molecule has 0 atom stereocenters. The van der Waals surface area contributed by atoms with Crippen LogP contribution in [0.4, 0.5) is 0 Å². The summed E-state index contributed by atoms with van der Waals surface area (Å²) >= 11 is 0. The molecule has 0 aromatic carbocycles. The van der Waals surface area contributed by atoms with Crippen molar-refractivity contribution in [3.63, 3.8) is 0 Å². The molecule has 2 aromatic heterocycles. The van der Waals surface area contributed by atoms with Gasteiger partial charge in [0.15, 0.2) is 0 Å². The topological polar surface area (TPSA) is 66.6 Å². The van der Waals surface area contributed by atoms with Crippen molar-refractivity contribution in [2.45, 2.75) is 19.3 Å². The lowest BCUT2D eigenvalue weighted by atomic mass is 10.2. The first-order valence-corrected chi connectivity index (χ1v) is 9.70. The SMILES string of the molecule is N#CCCP(=O)(CCc1ccncc1)CCc1ccncc1. The minimum Gasteiger partial charge on any atom is -0.323 e. The van der Waals surface area contributed by atoms with E-state index in [0.717, 1.165) is 24.0 Å². The van der Waals surface area contributed by atoms with Gasteiger partial charge in [0.25, 0.3) is 0 Å². The predicted molar refractivity (Wildman–Crippen MR) is 88.3 cm³/mol. The third-order valence-corrected chi connectivity index (χ3v) is 6.86. The highest BCUT2D eigenvalue weighted by molar-refractivity contribution is 7.63. The third kappa shape index (κ3) is 5.42. The van der Waals surface area contributed by atoms with Crippen LogP contribution < -0.4 is 0 Å². The molecule has 0 amide bonds. The van der Waals surface area contributed by atoms with Gasteiger partial charge in [0, 0.05) is 49.7 Å². The molecule has 0 saturated heterocycles. The van der Waals surface area contributed by atoms with Gasteiger partial charge in [-0.15, -0.1) is 0 Å². The predicted octanol–water partition coefficient (Wildman–Crippen LogP) is 3.54. The molecule has 0 fully saturated rings. The molecule has 0 N–H and O–H groups in total. The minimum absolute atomic E-state index is 0.365. The number of nitrogens with zero attached hydrogens (tertiary/aromatic N) is 3. The van der Waals surface area contributed by atoms with E-state index in [0.29, 0.717) is 24.9 Å². The van der Waals surface area contributed by atoms with Gasteiger partial charge in [-0.1, -0.05) is 0 Å².